The van der Waals surface area contributed by atoms with Crippen LogP contribution >= 0.6 is 0 Å². The second-order valence-electron chi connectivity index (χ2n) is 3.54. The maximum atomic E-state index is 12.4. The Labute approximate surface area is 77.8 Å². The van der Waals surface area contributed by atoms with Gasteiger partial charge in [0.05, 0.1) is 0 Å². The molecule has 0 atom stereocenters. The van der Waals surface area contributed by atoms with Crippen molar-refractivity contribution in [2.75, 3.05) is 0 Å². The Kier molecular flexibility index (Phi) is 3.07. The van der Waals surface area contributed by atoms with Crippen LogP contribution in [0, 0.1) is 0 Å². The van der Waals surface area contributed by atoms with Gasteiger partial charge in [-0.05, 0) is 32.1 Å². The van der Waals surface area contributed by atoms with Gasteiger partial charge < -0.3 is 4.74 Å². The van der Waals surface area contributed by atoms with E-state index in [1.807, 2.05) is 6.92 Å². The van der Waals surface area contributed by atoms with E-state index in [9.17, 15) is 9.18 Å². The van der Waals surface area contributed by atoms with Crippen molar-refractivity contribution in [1.82, 2.24) is 0 Å². The minimum atomic E-state index is -1.00. The molecular formula is C10H15FO2. The summed E-state index contributed by atoms with van der Waals surface area (Å²) in [6, 6.07) is 0. The smallest absolute Gasteiger partial charge is 0.367 e. The predicted molar refractivity (Wildman–Crippen MR) is 47.8 cm³/mol. The zero-order valence-corrected chi connectivity index (χ0v) is 7.94. The molecule has 1 saturated carbocycles. The van der Waals surface area contributed by atoms with Gasteiger partial charge in [0, 0.05) is 0 Å². The minimum Gasteiger partial charge on any atom is -0.454 e. The molecule has 0 unspecified atom stereocenters. The lowest BCUT2D eigenvalue weighted by Gasteiger charge is -2.26. The molecular weight excluding hydrogens is 171 g/mol. The van der Waals surface area contributed by atoms with E-state index in [4.69, 9.17) is 4.74 Å². The number of carbonyl (C=O) groups is 1. The largest absolute Gasteiger partial charge is 0.454 e. The molecule has 2 nitrogen and oxygen atoms in total. The van der Waals surface area contributed by atoms with Gasteiger partial charge in [0.1, 0.15) is 5.60 Å². The fourth-order valence-electron chi connectivity index (χ4n) is 1.80. The van der Waals surface area contributed by atoms with Crippen LogP contribution in [0.15, 0.2) is 12.4 Å². The maximum Gasteiger partial charge on any atom is 0.367 e. The highest BCUT2D eigenvalue weighted by Crippen LogP contribution is 2.36. The van der Waals surface area contributed by atoms with Crippen molar-refractivity contribution < 1.29 is 13.9 Å². The summed E-state index contributed by atoms with van der Waals surface area (Å²) in [4.78, 5) is 11.0. The van der Waals surface area contributed by atoms with E-state index in [1.165, 1.54) is 0 Å². The summed E-state index contributed by atoms with van der Waals surface area (Å²) in [5.41, 5.74) is -0.411. The summed E-state index contributed by atoms with van der Waals surface area (Å²) >= 11 is 0. The van der Waals surface area contributed by atoms with Crippen LogP contribution in [0.5, 0.6) is 0 Å². The van der Waals surface area contributed by atoms with Crippen LogP contribution < -0.4 is 0 Å². The molecule has 1 fully saturated rings. The Morgan fingerprint density at radius 3 is 2.46 bits per heavy atom. The fourth-order valence-corrected chi connectivity index (χ4v) is 1.80. The summed E-state index contributed by atoms with van der Waals surface area (Å²) in [6.45, 7) is 4.88. The third-order valence-corrected chi connectivity index (χ3v) is 2.69. The summed E-state index contributed by atoms with van der Waals surface area (Å²) in [6.07, 6.45) is 4.57. The van der Waals surface area contributed by atoms with Crippen molar-refractivity contribution >= 4 is 5.97 Å². The summed E-state index contributed by atoms with van der Waals surface area (Å²) in [5, 5.41) is 0. The minimum absolute atomic E-state index is 0.411. The van der Waals surface area contributed by atoms with Crippen LogP contribution in [0.25, 0.3) is 0 Å². The molecule has 0 saturated heterocycles. The van der Waals surface area contributed by atoms with Crippen LogP contribution in [-0.4, -0.2) is 11.6 Å². The second kappa shape index (κ2) is 3.90. The molecule has 0 bridgehead atoms. The van der Waals surface area contributed by atoms with Crippen molar-refractivity contribution in [1.29, 1.82) is 0 Å². The highest BCUT2D eigenvalue weighted by molar-refractivity contribution is 5.85. The first-order valence-corrected chi connectivity index (χ1v) is 4.67. The van der Waals surface area contributed by atoms with Crippen molar-refractivity contribution in [3.05, 3.63) is 12.4 Å². The molecule has 0 aliphatic heterocycles. The lowest BCUT2D eigenvalue weighted by Crippen LogP contribution is -2.31. The van der Waals surface area contributed by atoms with E-state index in [1.54, 1.807) is 0 Å². The first kappa shape index (κ1) is 10.2. The van der Waals surface area contributed by atoms with Crippen LogP contribution in [-0.2, 0) is 9.53 Å². The van der Waals surface area contributed by atoms with Gasteiger partial charge in [-0.25, -0.2) is 4.79 Å². The average Bonchev–Trinajstić information content (AvgIpc) is 2.54. The average molecular weight is 186 g/mol. The highest BCUT2D eigenvalue weighted by atomic mass is 19.1. The van der Waals surface area contributed by atoms with Crippen LogP contribution in [0.1, 0.15) is 39.0 Å². The predicted octanol–water partition coefficient (Wildman–Crippen LogP) is 2.74. The topological polar surface area (TPSA) is 26.3 Å². The molecule has 0 N–H and O–H groups in total. The lowest BCUT2D eigenvalue weighted by molar-refractivity contribution is -0.156. The van der Waals surface area contributed by atoms with Crippen molar-refractivity contribution in [2.45, 2.75) is 44.6 Å². The van der Waals surface area contributed by atoms with Gasteiger partial charge in [-0.1, -0.05) is 13.5 Å². The van der Waals surface area contributed by atoms with Crippen LogP contribution in [0.2, 0.25) is 0 Å². The Balaban J connectivity index is 2.58. The summed E-state index contributed by atoms with van der Waals surface area (Å²) in [5.74, 6) is -1.90. The number of hydrogen-bond acceptors (Lipinski definition) is 2. The molecule has 0 spiro atoms. The number of rotatable bonds is 3. The van der Waals surface area contributed by atoms with E-state index in [0.717, 1.165) is 32.1 Å². The molecule has 0 heterocycles. The Morgan fingerprint density at radius 2 is 2.08 bits per heavy atom. The third-order valence-electron chi connectivity index (χ3n) is 2.69. The molecule has 13 heavy (non-hydrogen) atoms. The van der Waals surface area contributed by atoms with Crippen molar-refractivity contribution in [3.8, 4) is 0 Å². The molecule has 0 amide bonds. The SMILES string of the molecule is C=C(F)C(=O)OC1(CC)CCCC1. The number of halogens is 1. The second-order valence-corrected chi connectivity index (χ2v) is 3.54. The fraction of sp³-hybridized carbons (Fsp3) is 0.700. The van der Waals surface area contributed by atoms with E-state index in [0.29, 0.717) is 0 Å². The number of esters is 1. The van der Waals surface area contributed by atoms with Gasteiger partial charge in [-0.2, -0.15) is 4.39 Å². The van der Waals surface area contributed by atoms with E-state index >= 15 is 0 Å². The summed E-state index contributed by atoms with van der Waals surface area (Å²) in [7, 11) is 0. The zero-order chi connectivity index (χ0) is 9.90. The lowest BCUT2D eigenvalue weighted by atomic mass is 9.99. The molecule has 1 rings (SSSR count). The van der Waals surface area contributed by atoms with Gasteiger partial charge >= 0.3 is 5.97 Å². The van der Waals surface area contributed by atoms with Crippen LogP contribution in [0.4, 0.5) is 4.39 Å². The number of carbonyl (C=O) groups excluding carboxylic acids is 1. The molecule has 0 aromatic heterocycles. The van der Waals surface area contributed by atoms with E-state index in [-0.39, 0.29) is 0 Å². The molecule has 0 radical (unpaired) electrons. The molecule has 3 heteroatoms. The quantitative estimate of drug-likeness (QED) is 0.500. The Morgan fingerprint density at radius 1 is 1.54 bits per heavy atom. The Bertz CT molecular complexity index is 217. The Hall–Kier alpha value is -0.860. The molecule has 0 aromatic carbocycles. The van der Waals surface area contributed by atoms with E-state index in [2.05, 4.69) is 6.58 Å². The first-order chi connectivity index (χ1) is 6.09. The molecule has 74 valence electrons. The van der Waals surface area contributed by atoms with Gasteiger partial charge in [0.2, 0.25) is 5.83 Å². The van der Waals surface area contributed by atoms with Crippen molar-refractivity contribution in [2.24, 2.45) is 0 Å². The highest BCUT2D eigenvalue weighted by Gasteiger charge is 2.36. The monoisotopic (exact) mass is 186 g/mol. The maximum absolute atomic E-state index is 12.4. The van der Waals surface area contributed by atoms with Gasteiger partial charge in [-0.15, -0.1) is 0 Å². The molecule has 0 aromatic rings. The number of ether oxygens (including phenoxy) is 1. The van der Waals surface area contributed by atoms with Crippen molar-refractivity contribution in [3.63, 3.8) is 0 Å². The van der Waals surface area contributed by atoms with Gasteiger partial charge in [0.25, 0.3) is 0 Å². The van der Waals surface area contributed by atoms with Gasteiger partial charge in [-0.3, -0.25) is 0 Å². The summed E-state index contributed by atoms with van der Waals surface area (Å²) < 4.78 is 17.5. The standard InChI is InChI=1S/C10H15FO2/c1-3-10(6-4-5-7-10)13-9(12)8(2)11/h2-7H2,1H3. The van der Waals surface area contributed by atoms with Gasteiger partial charge in [0.15, 0.2) is 0 Å². The number of hydrogen-bond donors (Lipinski definition) is 0. The first-order valence-electron chi connectivity index (χ1n) is 4.67. The zero-order valence-electron chi connectivity index (χ0n) is 7.94. The molecule has 1 aliphatic rings. The van der Waals surface area contributed by atoms with Crippen LogP contribution in [0.3, 0.4) is 0 Å². The normalized spacial score (nSPS) is 19.8. The van der Waals surface area contributed by atoms with E-state index < -0.39 is 17.4 Å². The molecule has 1 aliphatic carbocycles. The third kappa shape index (κ3) is 2.29.